The first-order valence-electron chi connectivity index (χ1n) is 7.06. The summed E-state index contributed by atoms with van der Waals surface area (Å²) in [5.74, 6) is -0.899. The first kappa shape index (κ1) is 15.3. The van der Waals surface area contributed by atoms with E-state index in [4.69, 9.17) is 0 Å². The van der Waals surface area contributed by atoms with E-state index >= 15 is 0 Å². The van der Waals surface area contributed by atoms with E-state index in [0.29, 0.717) is 0 Å². The fraction of sp³-hybridized carbons (Fsp3) is 0.278. The van der Waals surface area contributed by atoms with Crippen LogP contribution >= 0.6 is 0 Å². The summed E-state index contributed by atoms with van der Waals surface area (Å²) in [6.07, 6.45) is 11.7. The summed E-state index contributed by atoms with van der Waals surface area (Å²) in [6.45, 7) is 11.5. The van der Waals surface area contributed by atoms with Gasteiger partial charge in [-0.2, -0.15) is 0 Å². The van der Waals surface area contributed by atoms with Gasteiger partial charge in [-0.05, 0) is 42.6 Å². The molecule has 21 heavy (non-hydrogen) atoms. The molecule has 0 saturated carbocycles. The number of carbonyl (C=O) groups is 1. The van der Waals surface area contributed by atoms with Crippen LogP contribution in [-0.4, -0.2) is 22.7 Å². The number of fused-ring (bicyclic) bond motifs is 2. The van der Waals surface area contributed by atoms with Gasteiger partial charge in [0.15, 0.2) is 5.54 Å². The van der Waals surface area contributed by atoms with Gasteiger partial charge in [0, 0.05) is 6.04 Å². The van der Waals surface area contributed by atoms with Crippen molar-refractivity contribution in [3.05, 3.63) is 71.9 Å². The molecule has 3 nitrogen and oxygen atoms in total. The maximum absolute atomic E-state index is 12.2. The van der Waals surface area contributed by atoms with Gasteiger partial charge >= 0.3 is 5.97 Å². The van der Waals surface area contributed by atoms with Crippen LogP contribution in [0, 0.1) is 0 Å². The SMILES string of the molecule is C=CC1=C(/C=C\C)C2(C(=O)O)NC(C1)C(C=C)=C2/C=C\C. The molecule has 0 radical (unpaired) electrons. The first-order chi connectivity index (χ1) is 10.1. The molecule has 110 valence electrons. The number of carboxylic acid groups (broad SMARTS) is 1. The van der Waals surface area contributed by atoms with Crippen LogP contribution in [0.5, 0.6) is 0 Å². The van der Waals surface area contributed by atoms with Gasteiger partial charge in [-0.15, -0.1) is 0 Å². The molecule has 2 atom stereocenters. The van der Waals surface area contributed by atoms with E-state index in [-0.39, 0.29) is 6.04 Å². The standard InChI is InChI=1S/C18H21NO2/c1-5-9-14-12(7-3)11-16-13(8-4)15(10-6-2)18(14,19-16)17(20)21/h5-10,16,19H,3-4,11H2,1-2H3,(H,20,21)/b9-5-,10-6-. The highest BCUT2D eigenvalue weighted by molar-refractivity contribution is 5.93. The van der Waals surface area contributed by atoms with Gasteiger partial charge in [-0.3, -0.25) is 5.32 Å². The van der Waals surface area contributed by atoms with Gasteiger partial charge in [0.2, 0.25) is 0 Å². The maximum atomic E-state index is 12.2. The van der Waals surface area contributed by atoms with Crippen molar-refractivity contribution < 1.29 is 9.90 Å². The predicted octanol–water partition coefficient (Wildman–Crippen LogP) is 3.30. The van der Waals surface area contributed by atoms with E-state index < -0.39 is 11.5 Å². The fourth-order valence-corrected chi connectivity index (χ4v) is 3.30. The van der Waals surface area contributed by atoms with Crippen LogP contribution in [0.1, 0.15) is 20.3 Å². The average molecular weight is 283 g/mol. The number of nitrogens with one attached hydrogen (secondary N) is 1. The lowest BCUT2D eigenvalue weighted by Gasteiger charge is -2.35. The molecule has 0 aromatic heterocycles. The molecule has 2 unspecified atom stereocenters. The summed E-state index contributed by atoms with van der Waals surface area (Å²) < 4.78 is 0. The highest BCUT2D eigenvalue weighted by atomic mass is 16.4. The van der Waals surface area contributed by atoms with Crippen LogP contribution < -0.4 is 5.32 Å². The topological polar surface area (TPSA) is 49.3 Å². The Morgan fingerprint density at radius 2 is 1.86 bits per heavy atom. The largest absolute Gasteiger partial charge is 0.479 e. The van der Waals surface area contributed by atoms with Crippen molar-refractivity contribution in [3.63, 3.8) is 0 Å². The molecule has 0 fully saturated rings. The highest BCUT2D eigenvalue weighted by Crippen LogP contribution is 2.45. The van der Waals surface area contributed by atoms with Gasteiger partial charge in [0.05, 0.1) is 0 Å². The minimum Gasteiger partial charge on any atom is -0.479 e. The summed E-state index contributed by atoms with van der Waals surface area (Å²) >= 11 is 0. The minimum atomic E-state index is -1.21. The van der Waals surface area contributed by atoms with Crippen LogP contribution in [0.4, 0.5) is 0 Å². The quantitative estimate of drug-likeness (QED) is 0.814. The Balaban J connectivity index is 2.83. The molecule has 0 aromatic rings. The van der Waals surface area contributed by atoms with Gasteiger partial charge in [-0.25, -0.2) is 4.79 Å². The number of rotatable bonds is 5. The molecule has 2 rings (SSSR count). The number of carboxylic acids is 1. The fourth-order valence-electron chi connectivity index (χ4n) is 3.30. The van der Waals surface area contributed by atoms with Crippen molar-refractivity contribution in [1.82, 2.24) is 5.32 Å². The zero-order valence-corrected chi connectivity index (χ0v) is 12.5. The third-order valence-electron chi connectivity index (χ3n) is 4.11. The molecule has 0 aromatic carbocycles. The van der Waals surface area contributed by atoms with E-state index in [1.807, 2.05) is 38.2 Å². The molecule has 0 amide bonds. The Bertz CT molecular complexity index is 603. The average Bonchev–Trinajstić information content (AvgIpc) is 2.73. The van der Waals surface area contributed by atoms with E-state index in [0.717, 1.165) is 28.7 Å². The molecular weight excluding hydrogens is 262 g/mol. The smallest absolute Gasteiger partial charge is 0.333 e. The zero-order chi connectivity index (χ0) is 15.6. The molecule has 0 aliphatic carbocycles. The van der Waals surface area contributed by atoms with Gasteiger partial charge < -0.3 is 5.11 Å². The van der Waals surface area contributed by atoms with E-state index in [2.05, 4.69) is 18.5 Å². The van der Waals surface area contributed by atoms with E-state index in [1.165, 1.54) is 0 Å². The molecule has 0 saturated heterocycles. The molecule has 2 heterocycles. The predicted molar refractivity (Wildman–Crippen MR) is 86.0 cm³/mol. The third kappa shape index (κ3) is 2.05. The van der Waals surface area contributed by atoms with Gasteiger partial charge in [0.1, 0.15) is 0 Å². The Labute approximate surface area is 125 Å². The molecule has 2 N–H and O–H groups in total. The second-order valence-corrected chi connectivity index (χ2v) is 5.17. The molecule has 2 bridgehead atoms. The molecule has 2 aliphatic rings. The summed E-state index contributed by atoms with van der Waals surface area (Å²) in [5, 5.41) is 13.3. The Morgan fingerprint density at radius 3 is 2.33 bits per heavy atom. The van der Waals surface area contributed by atoms with Crippen LogP contribution in [0.15, 0.2) is 71.9 Å². The lowest BCUT2D eigenvalue weighted by Crippen LogP contribution is -2.56. The van der Waals surface area contributed by atoms with Crippen LogP contribution in [0.3, 0.4) is 0 Å². The molecule has 3 heteroatoms. The first-order valence-corrected chi connectivity index (χ1v) is 7.06. The number of hydrogen-bond acceptors (Lipinski definition) is 2. The van der Waals surface area contributed by atoms with Crippen molar-refractivity contribution in [3.8, 4) is 0 Å². The number of hydrogen-bond donors (Lipinski definition) is 2. The number of allylic oxidation sites excluding steroid dienone is 3. The van der Waals surface area contributed by atoms with Crippen molar-refractivity contribution >= 4 is 5.97 Å². The normalized spacial score (nSPS) is 28.8. The molecule has 2 aliphatic heterocycles. The third-order valence-corrected chi connectivity index (χ3v) is 4.11. The summed E-state index contributed by atoms with van der Waals surface area (Å²) in [7, 11) is 0. The second kappa shape index (κ2) is 5.70. The Hall–Kier alpha value is -2.13. The van der Waals surface area contributed by atoms with E-state index in [1.54, 1.807) is 12.2 Å². The lowest BCUT2D eigenvalue weighted by molar-refractivity contribution is -0.141. The monoisotopic (exact) mass is 283 g/mol. The number of aliphatic carboxylic acids is 1. The zero-order valence-electron chi connectivity index (χ0n) is 12.5. The van der Waals surface area contributed by atoms with E-state index in [9.17, 15) is 9.90 Å². The van der Waals surface area contributed by atoms with Crippen molar-refractivity contribution in [2.45, 2.75) is 31.8 Å². The lowest BCUT2D eigenvalue weighted by atomic mass is 9.78. The highest BCUT2D eigenvalue weighted by Gasteiger charge is 2.54. The van der Waals surface area contributed by atoms with Crippen LogP contribution in [-0.2, 0) is 4.79 Å². The van der Waals surface area contributed by atoms with Crippen molar-refractivity contribution in [2.75, 3.05) is 0 Å². The molecule has 0 spiro atoms. The van der Waals surface area contributed by atoms with Crippen molar-refractivity contribution in [1.29, 1.82) is 0 Å². The van der Waals surface area contributed by atoms with Crippen molar-refractivity contribution in [2.24, 2.45) is 0 Å². The summed E-state index contributed by atoms with van der Waals surface area (Å²) in [5.41, 5.74) is 2.23. The summed E-state index contributed by atoms with van der Waals surface area (Å²) in [4.78, 5) is 12.2. The molecular formula is C18H21NO2. The summed E-state index contributed by atoms with van der Waals surface area (Å²) in [6, 6.07) is -0.0354. The second-order valence-electron chi connectivity index (χ2n) is 5.17. The van der Waals surface area contributed by atoms with Crippen LogP contribution in [0.2, 0.25) is 0 Å². The maximum Gasteiger partial charge on any atom is 0.333 e. The minimum absolute atomic E-state index is 0.0354. The Morgan fingerprint density at radius 1 is 1.24 bits per heavy atom. The Kier molecular flexibility index (Phi) is 4.14. The van der Waals surface area contributed by atoms with Crippen LogP contribution in [0.25, 0.3) is 0 Å². The van der Waals surface area contributed by atoms with Gasteiger partial charge in [0.25, 0.3) is 0 Å². The van der Waals surface area contributed by atoms with Gasteiger partial charge in [-0.1, -0.05) is 49.6 Å².